The van der Waals surface area contributed by atoms with E-state index in [0.29, 0.717) is 6.04 Å². The van der Waals surface area contributed by atoms with Gasteiger partial charge in [0, 0.05) is 6.04 Å². The zero-order valence-corrected chi connectivity index (χ0v) is 11.4. The molecule has 2 aromatic carbocycles. The van der Waals surface area contributed by atoms with Crippen LogP contribution in [0.3, 0.4) is 0 Å². The molecule has 1 heterocycles. The highest BCUT2D eigenvalue weighted by Crippen LogP contribution is 2.40. The number of rotatable bonds is 2. The molecule has 3 atom stereocenters. The van der Waals surface area contributed by atoms with Gasteiger partial charge in [0.05, 0.1) is 0 Å². The number of likely N-dealkylation sites (N-methyl/N-ethyl adjacent to an activating group) is 1. The van der Waals surface area contributed by atoms with E-state index in [4.69, 9.17) is 4.74 Å². The van der Waals surface area contributed by atoms with Gasteiger partial charge in [0.15, 0.2) is 0 Å². The Morgan fingerprint density at radius 1 is 0.842 bits per heavy atom. The minimum absolute atomic E-state index is 0.0430. The first-order valence-electron chi connectivity index (χ1n) is 6.74. The van der Waals surface area contributed by atoms with Gasteiger partial charge in [-0.25, -0.2) is 0 Å². The van der Waals surface area contributed by atoms with Crippen molar-refractivity contribution >= 4 is 0 Å². The van der Waals surface area contributed by atoms with Crippen molar-refractivity contribution in [3.05, 3.63) is 71.8 Å². The summed E-state index contributed by atoms with van der Waals surface area (Å²) in [6.07, 6.45) is 0.179. The van der Waals surface area contributed by atoms with Gasteiger partial charge in [-0.1, -0.05) is 60.7 Å². The first-order valence-corrected chi connectivity index (χ1v) is 6.74. The van der Waals surface area contributed by atoms with Gasteiger partial charge in [-0.05, 0) is 25.1 Å². The maximum atomic E-state index is 6.28. The Morgan fingerprint density at radius 3 is 1.95 bits per heavy atom. The monoisotopic (exact) mass is 253 g/mol. The molecule has 0 radical (unpaired) electrons. The lowest BCUT2D eigenvalue weighted by molar-refractivity contribution is 0.00560. The molecule has 2 aromatic rings. The normalized spacial score (nSPS) is 27.6. The van der Waals surface area contributed by atoms with E-state index in [9.17, 15) is 0 Å². The summed E-state index contributed by atoms with van der Waals surface area (Å²) in [5, 5.41) is 0. The van der Waals surface area contributed by atoms with Crippen LogP contribution in [0.15, 0.2) is 60.7 Å². The Hall–Kier alpha value is -1.64. The molecule has 0 aromatic heterocycles. The minimum Gasteiger partial charge on any atom is -0.349 e. The molecule has 0 N–H and O–H groups in total. The quantitative estimate of drug-likeness (QED) is 0.807. The summed E-state index contributed by atoms with van der Waals surface area (Å²) in [6, 6.07) is 21.3. The highest BCUT2D eigenvalue weighted by atomic mass is 16.5. The van der Waals surface area contributed by atoms with Crippen LogP contribution in [0, 0.1) is 0 Å². The summed E-state index contributed by atoms with van der Waals surface area (Å²) in [4.78, 5) is 2.30. The van der Waals surface area contributed by atoms with E-state index >= 15 is 0 Å². The Bertz CT molecular complexity index is 476. The van der Waals surface area contributed by atoms with Crippen LogP contribution in [0.5, 0.6) is 0 Å². The van der Waals surface area contributed by atoms with Crippen molar-refractivity contribution in [2.24, 2.45) is 0 Å². The third-order valence-corrected chi connectivity index (χ3v) is 3.94. The fourth-order valence-corrected chi connectivity index (χ4v) is 2.71. The highest BCUT2D eigenvalue weighted by molar-refractivity contribution is 5.23. The van der Waals surface area contributed by atoms with E-state index in [0.717, 1.165) is 0 Å². The molecule has 1 aliphatic heterocycles. The Labute approximate surface area is 114 Å². The number of hydrogen-bond acceptors (Lipinski definition) is 2. The molecular formula is C17H19NO. The third kappa shape index (κ3) is 2.29. The molecule has 0 aliphatic carbocycles. The largest absolute Gasteiger partial charge is 0.349 e. The molecule has 98 valence electrons. The smallest absolute Gasteiger partial charge is 0.137 e. The van der Waals surface area contributed by atoms with Crippen molar-refractivity contribution in [1.82, 2.24) is 4.90 Å². The third-order valence-electron chi connectivity index (χ3n) is 3.94. The molecule has 2 nitrogen and oxygen atoms in total. The fraction of sp³-hybridized carbons (Fsp3) is 0.294. The second-order valence-electron chi connectivity index (χ2n) is 5.14. The molecule has 0 amide bonds. The Kier molecular flexibility index (Phi) is 3.36. The van der Waals surface area contributed by atoms with Gasteiger partial charge in [-0.2, -0.15) is 0 Å². The van der Waals surface area contributed by atoms with Crippen molar-refractivity contribution in [2.45, 2.75) is 25.3 Å². The van der Waals surface area contributed by atoms with E-state index in [1.54, 1.807) is 0 Å². The summed E-state index contributed by atoms with van der Waals surface area (Å²) in [5.41, 5.74) is 2.47. The molecule has 0 unspecified atom stereocenters. The van der Waals surface area contributed by atoms with E-state index in [1.807, 2.05) is 12.1 Å². The Balaban J connectivity index is 1.88. The van der Waals surface area contributed by atoms with Gasteiger partial charge < -0.3 is 4.74 Å². The van der Waals surface area contributed by atoms with E-state index in [-0.39, 0.29) is 12.3 Å². The number of nitrogens with zero attached hydrogens (tertiary/aromatic N) is 1. The lowest BCUT2D eigenvalue weighted by atomic mass is 10.0. The van der Waals surface area contributed by atoms with Gasteiger partial charge in [-0.15, -0.1) is 0 Å². The van der Waals surface area contributed by atoms with E-state index in [2.05, 4.69) is 67.4 Å². The summed E-state index contributed by atoms with van der Waals surface area (Å²) >= 11 is 0. The van der Waals surface area contributed by atoms with Crippen molar-refractivity contribution in [3.8, 4) is 0 Å². The van der Waals surface area contributed by atoms with Crippen LogP contribution in [0.25, 0.3) is 0 Å². The lowest BCUT2D eigenvalue weighted by Crippen LogP contribution is -2.27. The van der Waals surface area contributed by atoms with Crippen LogP contribution < -0.4 is 0 Å². The average molecular weight is 253 g/mol. The van der Waals surface area contributed by atoms with Gasteiger partial charge in [-0.3, -0.25) is 4.90 Å². The highest BCUT2D eigenvalue weighted by Gasteiger charge is 2.38. The van der Waals surface area contributed by atoms with Crippen LogP contribution in [-0.2, 0) is 4.74 Å². The first kappa shape index (κ1) is 12.4. The maximum Gasteiger partial charge on any atom is 0.137 e. The van der Waals surface area contributed by atoms with Crippen molar-refractivity contribution in [3.63, 3.8) is 0 Å². The summed E-state index contributed by atoms with van der Waals surface area (Å²) in [7, 11) is 2.13. The fourth-order valence-electron chi connectivity index (χ4n) is 2.71. The second kappa shape index (κ2) is 5.16. The summed E-state index contributed by atoms with van der Waals surface area (Å²) < 4.78 is 6.28. The van der Waals surface area contributed by atoms with Crippen LogP contribution in [0.4, 0.5) is 0 Å². The number of ether oxygens (including phenoxy) is 1. The molecule has 1 fully saturated rings. The molecule has 19 heavy (non-hydrogen) atoms. The second-order valence-corrected chi connectivity index (χ2v) is 5.14. The summed E-state index contributed by atoms with van der Waals surface area (Å²) in [6.45, 7) is 2.22. The van der Waals surface area contributed by atoms with Gasteiger partial charge in [0.2, 0.25) is 0 Å². The predicted octanol–water partition coefficient (Wildman–Crippen LogP) is 3.78. The van der Waals surface area contributed by atoms with Gasteiger partial charge >= 0.3 is 0 Å². The zero-order valence-electron chi connectivity index (χ0n) is 11.4. The molecule has 0 spiro atoms. The molecule has 3 rings (SSSR count). The van der Waals surface area contributed by atoms with Gasteiger partial charge in [0.25, 0.3) is 0 Å². The molecule has 2 heteroatoms. The Morgan fingerprint density at radius 2 is 1.37 bits per heavy atom. The van der Waals surface area contributed by atoms with Crippen molar-refractivity contribution in [2.75, 3.05) is 7.05 Å². The molecular weight excluding hydrogens is 234 g/mol. The van der Waals surface area contributed by atoms with Crippen LogP contribution >= 0.6 is 0 Å². The average Bonchev–Trinajstić information content (AvgIpc) is 2.77. The summed E-state index contributed by atoms with van der Waals surface area (Å²) in [5.74, 6) is 0. The maximum absolute atomic E-state index is 6.28. The van der Waals surface area contributed by atoms with E-state index < -0.39 is 0 Å². The predicted molar refractivity (Wildman–Crippen MR) is 76.7 cm³/mol. The standard InChI is InChI=1S/C17H19NO/c1-13-16(14-9-5-3-6-10-14)19-17(18(13)2)15-11-7-4-8-12-15/h3-13,16-17H,1-2H3/t13-,16+,17+/m1/s1. The molecule has 0 saturated carbocycles. The van der Waals surface area contributed by atoms with Gasteiger partial charge in [0.1, 0.15) is 12.3 Å². The topological polar surface area (TPSA) is 12.5 Å². The molecule has 1 aliphatic rings. The van der Waals surface area contributed by atoms with Crippen molar-refractivity contribution < 1.29 is 4.74 Å². The molecule has 1 saturated heterocycles. The zero-order chi connectivity index (χ0) is 13.2. The number of hydrogen-bond donors (Lipinski definition) is 0. The minimum atomic E-state index is 0.0430. The SMILES string of the molecule is C[C@@H]1[C@@H](c2ccccc2)O[C@@H](c2ccccc2)N1C. The van der Waals surface area contributed by atoms with Crippen LogP contribution in [-0.4, -0.2) is 18.0 Å². The van der Waals surface area contributed by atoms with Crippen molar-refractivity contribution in [1.29, 1.82) is 0 Å². The first-order chi connectivity index (χ1) is 9.27. The van der Waals surface area contributed by atoms with E-state index in [1.165, 1.54) is 11.1 Å². The van der Waals surface area contributed by atoms with Crippen LogP contribution in [0.2, 0.25) is 0 Å². The van der Waals surface area contributed by atoms with Crippen LogP contribution in [0.1, 0.15) is 30.4 Å². The number of benzene rings is 2. The molecule has 0 bridgehead atoms. The lowest BCUT2D eigenvalue weighted by Gasteiger charge is -2.21.